The third kappa shape index (κ3) is 1.27. The fraction of sp³-hybridized carbons (Fsp3) is 0.600. The molecule has 86 valence electrons. The number of rotatable bonds is 1. The smallest absolute Gasteiger partial charge is 0.0935 e. The molecule has 0 heterocycles. The van der Waals surface area contributed by atoms with Crippen molar-refractivity contribution >= 4 is 0 Å². The maximum absolute atomic E-state index is 10.8. The van der Waals surface area contributed by atoms with Gasteiger partial charge in [-0.1, -0.05) is 50.1 Å². The average Bonchev–Trinajstić information content (AvgIpc) is 2.29. The molecule has 1 nitrogen and oxygen atoms in total. The van der Waals surface area contributed by atoms with Gasteiger partial charge in [-0.25, -0.2) is 0 Å². The van der Waals surface area contributed by atoms with Crippen LogP contribution in [-0.4, -0.2) is 5.11 Å². The van der Waals surface area contributed by atoms with Crippen molar-refractivity contribution in [3.63, 3.8) is 0 Å². The molecule has 0 saturated heterocycles. The van der Waals surface area contributed by atoms with E-state index in [0.29, 0.717) is 11.3 Å². The first-order chi connectivity index (χ1) is 7.65. The van der Waals surface area contributed by atoms with E-state index in [1.165, 1.54) is 25.7 Å². The lowest BCUT2D eigenvalue weighted by Gasteiger charge is -2.61. The highest BCUT2D eigenvalue weighted by atomic mass is 16.3. The largest absolute Gasteiger partial charge is 0.385 e. The van der Waals surface area contributed by atoms with Gasteiger partial charge in [0.25, 0.3) is 0 Å². The first-order valence-electron chi connectivity index (χ1n) is 6.43. The molecule has 2 fully saturated rings. The summed E-state index contributed by atoms with van der Waals surface area (Å²) >= 11 is 0. The predicted molar refractivity (Wildman–Crippen MR) is 65.0 cm³/mol. The molecule has 3 rings (SSSR count). The van der Waals surface area contributed by atoms with Crippen LogP contribution in [0.1, 0.15) is 44.6 Å². The van der Waals surface area contributed by atoms with E-state index in [1.54, 1.807) is 0 Å². The Balaban J connectivity index is 1.92. The third-order valence-electron chi connectivity index (χ3n) is 4.86. The number of fused-ring (bicyclic) bond motifs is 1. The van der Waals surface area contributed by atoms with Crippen molar-refractivity contribution in [2.45, 2.75) is 44.6 Å². The quantitative estimate of drug-likeness (QED) is 0.762. The zero-order valence-corrected chi connectivity index (χ0v) is 9.95. The Kier molecular flexibility index (Phi) is 2.16. The summed E-state index contributed by atoms with van der Waals surface area (Å²) in [6.07, 6.45) is 6.08. The van der Waals surface area contributed by atoms with Gasteiger partial charge in [0.2, 0.25) is 0 Å². The third-order valence-corrected chi connectivity index (χ3v) is 4.86. The van der Waals surface area contributed by atoms with E-state index in [0.717, 1.165) is 12.0 Å². The van der Waals surface area contributed by atoms with Crippen LogP contribution < -0.4 is 0 Å². The predicted octanol–water partition coefficient (Wildman–Crippen LogP) is 3.47. The summed E-state index contributed by atoms with van der Waals surface area (Å²) in [6, 6.07) is 10.2. The molecule has 1 aromatic carbocycles. The number of hydrogen-bond donors (Lipinski definition) is 1. The molecule has 0 aromatic heterocycles. The molecule has 16 heavy (non-hydrogen) atoms. The van der Waals surface area contributed by atoms with Crippen LogP contribution in [0.25, 0.3) is 0 Å². The molecular weight excluding hydrogens is 196 g/mol. The maximum atomic E-state index is 10.8. The van der Waals surface area contributed by atoms with Crippen LogP contribution >= 0.6 is 0 Å². The van der Waals surface area contributed by atoms with E-state index < -0.39 is 5.60 Å². The summed E-state index contributed by atoms with van der Waals surface area (Å²) in [5.74, 6) is 0.483. The molecule has 2 aliphatic carbocycles. The second-order valence-electron chi connectivity index (χ2n) is 5.92. The topological polar surface area (TPSA) is 20.2 Å². The molecule has 1 heteroatoms. The van der Waals surface area contributed by atoms with E-state index in [2.05, 4.69) is 19.1 Å². The number of hydrogen-bond acceptors (Lipinski definition) is 1. The van der Waals surface area contributed by atoms with Crippen molar-refractivity contribution in [1.29, 1.82) is 0 Å². The van der Waals surface area contributed by atoms with E-state index in [4.69, 9.17) is 0 Å². The van der Waals surface area contributed by atoms with Crippen LogP contribution in [0, 0.1) is 11.3 Å². The Morgan fingerprint density at radius 2 is 1.94 bits per heavy atom. The van der Waals surface area contributed by atoms with Crippen LogP contribution in [0.4, 0.5) is 0 Å². The second-order valence-corrected chi connectivity index (χ2v) is 5.92. The Bertz CT molecular complexity index is 386. The summed E-state index contributed by atoms with van der Waals surface area (Å²) in [6.45, 7) is 2.36. The highest BCUT2D eigenvalue weighted by Crippen LogP contribution is 2.64. The van der Waals surface area contributed by atoms with Crippen molar-refractivity contribution in [3.05, 3.63) is 35.9 Å². The summed E-state index contributed by atoms with van der Waals surface area (Å²) in [4.78, 5) is 0. The van der Waals surface area contributed by atoms with Gasteiger partial charge in [-0.15, -0.1) is 0 Å². The van der Waals surface area contributed by atoms with Gasteiger partial charge in [-0.2, -0.15) is 0 Å². The highest BCUT2D eigenvalue weighted by molar-refractivity contribution is 5.29. The lowest BCUT2D eigenvalue weighted by Crippen LogP contribution is -2.59. The highest BCUT2D eigenvalue weighted by Gasteiger charge is 2.60. The van der Waals surface area contributed by atoms with Crippen LogP contribution in [0.2, 0.25) is 0 Å². The fourth-order valence-electron chi connectivity index (χ4n) is 4.06. The Hall–Kier alpha value is -0.820. The Labute approximate surface area is 97.5 Å². The van der Waals surface area contributed by atoms with Crippen molar-refractivity contribution in [2.75, 3.05) is 0 Å². The number of aliphatic hydroxyl groups is 1. The zero-order chi connectivity index (χ0) is 11.2. The van der Waals surface area contributed by atoms with Gasteiger partial charge in [0.1, 0.15) is 0 Å². The molecule has 0 spiro atoms. The van der Waals surface area contributed by atoms with Crippen molar-refractivity contribution in [1.82, 2.24) is 0 Å². The first-order valence-corrected chi connectivity index (χ1v) is 6.43. The summed E-state index contributed by atoms with van der Waals surface area (Å²) in [5, 5.41) is 10.8. The van der Waals surface area contributed by atoms with Crippen molar-refractivity contribution < 1.29 is 5.11 Å². The van der Waals surface area contributed by atoms with Gasteiger partial charge in [0, 0.05) is 0 Å². The zero-order valence-electron chi connectivity index (χ0n) is 9.95. The Morgan fingerprint density at radius 3 is 2.62 bits per heavy atom. The van der Waals surface area contributed by atoms with Gasteiger partial charge in [0.05, 0.1) is 5.60 Å². The summed E-state index contributed by atoms with van der Waals surface area (Å²) in [5.41, 5.74) is 0.999. The molecule has 2 saturated carbocycles. The fourth-order valence-corrected chi connectivity index (χ4v) is 4.06. The van der Waals surface area contributed by atoms with Gasteiger partial charge in [-0.3, -0.25) is 0 Å². The van der Waals surface area contributed by atoms with E-state index in [9.17, 15) is 5.11 Å². The molecule has 1 aromatic rings. The molecule has 0 radical (unpaired) electrons. The van der Waals surface area contributed by atoms with Gasteiger partial charge in [-0.05, 0) is 36.2 Å². The molecule has 0 amide bonds. The van der Waals surface area contributed by atoms with Gasteiger partial charge < -0.3 is 5.11 Å². The van der Waals surface area contributed by atoms with Crippen molar-refractivity contribution in [2.24, 2.45) is 11.3 Å². The molecule has 0 aliphatic heterocycles. The SMILES string of the molecule is C[C@@]12CCCC[C@@H]1C(O)(c1ccccc1)C2. The lowest BCUT2D eigenvalue weighted by molar-refractivity contribution is -0.212. The number of benzene rings is 1. The van der Waals surface area contributed by atoms with Crippen LogP contribution in [0.15, 0.2) is 30.3 Å². The standard InChI is InChI=1S/C15H20O/c1-14-10-6-5-9-13(14)15(16,11-14)12-7-3-2-4-8-12/h2-4,7-8,13,16H,5-6,9-11H2,1H3/t13-,14-,15?/m0/s1. The maximum Gasteiger partial charge on any atom is 0.0935 e. The Morgan fingerprint density at radius 1 is 1.19 bits per heavy atom. The minimum Gasteiger partial charge on any atom is -0.385 e. The summed E-state index contributed by atoms with van der Waals surface area (Å²) < 4.78 is 0. The molecular formula is C15H20O. The van der Waals surface area contributed by atoms with E-state index in [1.807, 2.05) is 18.2 Å². The monoisotopic (exact) mass is 216 g/mol. The molecule has 1 unspecified atom stereocenters. The summed E-state index contributed by atoms with van der Waals surface area (Å²) in [7, 11) is 0. The first kappa shape index (κ1) is 10.3. The minimum atomic E-state index is -0.531. The van der Waals surface area contributed by atoms with Crippen molar-refractivity contribution in [3.8, 4) is 0 Å². The minimum absolute atomic E-state index is 0.406. The van der Waals surface area contributed by atoms with E-state index in [-0.39, 0.29) is 0 Å². The van der Waals surface area contributed by atoms with E-state index >= 15 is 0 Å². The van der Waals surface area contributed by atoms with Crippen LogP contribution in [-0.2, 0) is 5.60 Å². The molecule has 2 aliphatic rings. The normalized spacial score (nSPS) is 42.2. The average molecular weight is 216 g/mol. The second kappa shape index (κ2) is 3.33. The molecule has 3 atom stereocenters. The van der Waals surface area contributed by atoms with Crippen LogP contribution in [0.3, 0.4) is 0 Å². The van der Waals surface area contributed by atoms with Gasteiger partial charge >= 0.3 is 0 Å². The van der Waals surface area contributed by atoms with Gasteiger partial charge in [0.15, 0.2) is 0 Å². The molecule has 1 N–H and O–H groups in total. The van der Waals surface area contributed by atoms with Crippen LogP contribution in [0.5, 0.6) is 0 Å². The molecule has 0 bridgehead atoms. The lowest BCUT2D eigenvalue weighted by atomic mass is 9.45.